The zero-order valence-corrected chi connectivity index (χ0v) is 10.5. The summed E-state index contributed by atoms with van der Waals surface area (Å²) < 4.78 is 24.5. The van der Waals surface area contributed by atoms with Crippen molar-refractivity contribution >= 4 is 11.0 Å². The van der Waals surface area contributed by atoms with Gasteiger partial charge in [0.2, 0.25) is 0 Å². The molecule has 0 amide bonds. The summed E-state index contributed by atoms with van der Waals surface area (Å²) in [5.41, 5.74) is 1.93. The van der Waals surface area contributed by atoms with E-state index in [-0.39, 0.29) is 18.2 Å². The van der Waals surface area contributed by atoms with E-state index in [1.54, 1.807) is 18.2 Å². The molecule has 0 N–H and O–H groups in total. The number of para-hydroxylation sites is 2. The fraction of sp³-hybridized carbons (Fsp3) is 0.125. The first kappa shape index (κ1) is 11.8. The molecule has 0 unspecified atom stereocenters. The van der Waals surface area contributed by atoms with Crippen LogP contribution in [0.15, 0.2) is 52.9 Å². The highest BCUT2D eigenvalue weighted by molar-refractivity contribution is 5.80. The van der Waals surface area contributed by atoms with Gasteiger partial charge in [0.05, 0.1) is 0 Å². The number of furan rings is 1. The lowest BCUT2D eigenvalue weighted by Crippen LogP contribution is -1.95. The van der Waals surface area contributed by atoms with E-state index < -0.39 is 0 Å². The molecule has 0 aliphatic carbocycles. The minimum Gasteiger partial charge on any atom is -0.483 e. The van der Waals surface area contributed by atoms with E-state index in [0.29, 0.717) is 5.76 Å². The third kappa shape index (κ3) is 2.32. The van der Waals surface area contributed by atoms with E-state index in [9.17, 15) is 4.39 Å². The first-order valence-electron chi connectivity index (χ1n) is 6.09. The molecule has 0 aliphatic heterocycles. The summed E-state index contributed by atoms with van der Waals surface area (Å²) in [7, 11) is 0. The van der Waals surface area contributed by atoms with Crippen molar-refractivity contribution in [3.63, 3.8) is 0 Å². The fourth-order valence-electron chi connectivity index (χ4n) is 2.04. The van der Waals surface area contributed by atoms with Crippen LogP contribution in [0.2, 0.25) is 0 Å². The van der Waals surface area contributed by atoms with Crippen LogP contribution in [0.25, 0.3) is 11.0 Å². The Hall–Kier alpha value is -2.29. The number of hydrogen-bond donors (Lipinski definition) is 0. The minimum absolute atomic E-state index is 0.217. The average molecular weight is 256 g/mol. The highest BCUT2D eigenvalue weighted by Crippen LogP contribution is 2.24. The molecule has 1 heterocycles. The Morgan fingerprint density at radius 3 is 2.74 bits per heavy atom. The topological polar surface area (TPSA) is 22.4 Å². The highest BCUT2D eigenvalue weighted by atomic mass is 19.1. The number of fused-ring (bicyclic) bond motifs is 1. The van der Waals surface area contributed by atoms with Gasteiger partial charge in [-0.3, -0.25) is 0 Å². The van der Waals surface area contributed by atoms with Crippen molar-refractivity contribution in [2.75, 3.05) is 0 Å². The molecule has 0 aliphatic rings. The van der Waals surface area contributed by atoms with Crippen LogP contribution in [0.4, 0.5) is 4.39 Å². The average Bonchev–Trinajstić information content (AvgIpc) is 2.82. The second-order valence-electron chi connectivity index (χ2n) is 4.43. The van der Waals surface area contributed by atoms with Crippen LogP contribution in [-0.2, 0) is 6.61 Å². The van der Waals surface area contributed by atoms with Gasteiger partial charge in [-0.2, -0.15) is 0 Å². The number of aryl methyl sites for hydroxylation is 1. The van der Waals surface area contributed by atoms with Crippen LogP contribution in [-0.4, -0.2) is 0 Å². The normalized spacial score (nSPS) is 10.8. The first-order valence-corrected chi connectivity index (χ1v) is 6.09. The minimum atomic E-state index is -0.366. The summed E-state index contributed by atoms with van der Waals surface area (Å²) in [5, 5.41) is 1.03. The van der Waals surface area contributed by atoms with Gasteiger partial charge in [0.25, 0.3) is 0 Å². The Bertz CT molecular complexity index is 716. The molecule has 0 fully saturated rings. The number of hydrogen-bond acceptors (Lipinski definition) is 2. The Morgan fingerprint density at radius 2 is 1.95 bits per heavy atom. The molecule has 3 aromatic rings. The maximum atomic E-state index is 13.4. The van der Waals surface area contributed by atoms with Gasteiger partial charge >= 0.3 is 0 Å². The van der Waals surface area contributed by atoms with Crippen LogP contribution in [0.3, 0.4) is 0 Å². The van der Waals surface area contributed by atoms with Gasteiger partial charge in [-0.05, 0) is 30.7 Å². The number of ether oxygens (including phenoxy) is 1. The van der Waals surface area contributed by atoms with Gasteiger partial charge in [0, 0.05) is 5.39 Å². The summed E-state index contributed by atoms with van der Waals surface area (Å²) in [4.78, 5) is 0. The molecule has 0 saturated heterocycles. The Morgan fingerprint density at radius 1 is 1.11 bits per heavy atom. The molecule has 96 valence electrons. The summed E-state index contributed by atoms with van der Waals surface area (Å²) in [5.74, 6) is 0.557. The van der Waals surface area contributed by atoms with Gasteiger partial charge in [0.15, 0.2) is 11.6 Å². The monoisotopic (exact) mass is 256 g/mol. The summed E-state index contributed by atoms with van der Waals surface area (Å²) in [6, 6.07) is 14.2. The van der Waals surface area contributed by atoms with Gasteiger partial charge in [0.1, 0.15) is 18.0 Å². The summed E-state index contributed by atoms with van der Waals surface area (Å²) in [6.45, 7) is 2.21. The molecule has 2 aromatic carbocycles. The van der Waals surface area contributed by atoms with E-state index in [2.05, 4.69) is 0 Å². The molecule has 19 heavy (non-hydrogen) atoms. The van der Waals surface area contributed by atoms with Gasteiger partial charge in [-0.25, -0.2) is 4.39 Å². The molecule has 3 rings (SSSR count). The molecule has 0 bridgehead atoms. The van der Waals surface area contributed by atoms with Gasteiger partial charge in [-0.1, -0.05) is 30.3 Å². The SMILES string of the molecule is Cc1cccc2cc(COc3ccccc3F)oc12. The zero-order chi connectivity index (χ0) is 13.2. The van der Waals surface area contributed by atoms with Crippen molar-refractivity contribution in [1.29, 1.82) is 0 Å². The van der Waals surface area contributed by atoms with Crippen molar-refractivity contribution in [3.05, 3.63) is 65.7 Å². The van der Waals surface area contributed by atoms with E-state index in [1.807, 2.05) is 31.2 Å². The molecule has 0 radical (unpaired) electrons. The second kappa shape index (κ2) is 4.76. The van der Waals surface area contributed by atoms with Crippen LogP contribution < -0.4 is 4.74 Å². The van der Waals surface area contributed by atoms with E-state index in [4.69, 9.17) is 9.15 Å². The lowest BCUT2D eigenvalue weighted by atomic mass is 10.2. The quantitative estimate of drug-likeness (QED) is 0.690. The van der Waals surface area contributed by atoms with Gasteiger partial charge in [-0.15, -0.1) is 0 Å². The van der Waals surface area contributed by atoms with Crippen molar-refractivity contribution in [3.8, 4) is 5.75 Å². The predicted molar refractivity (Wildman–Crippen MR) is 71.7 cm³/mol. The maximum absolute atomic E-state index is 13.4. The maximum Gasteiger partial charge on any atom is 0.165 e. The lowest BCUT2D eigenvalue weighted by Gasteiger charge is -2.04. The fourth-order valence-corrected chi connectivity index (χ4v) is 2.04. The highest BCUT2D eigenvalue weighted by Gasteiger charge is 2.07. The summed E-state index contributed by atoms with van der Waals surface area (Å²) >= 11 is 0. The standard InChI is InChI=1S/C16H13FO2/c1-11-5-4-6-12-9-13(19-16(11)12)10-18-15-8-3-2-7-14(15)17/h2-9H,10H2,1H3. The Balaban J connectivity index is 1.83. The van der Waals surface area contributed by atoms with E-state index >= 15 is 0 Å². The van der Waals surface area contributed by atoms with Crippen LogP contribution in [0, 0.1) is 12.7 Å². The molecule has 2 nitrogen and oxygen atoms in total. The van der Waals surface area contributed by atoms with Crippen molar-refractivity contribution in [2.24, 2.45) is 0 Å². The third-order valence-corrected chi connectivity index (χ3v) is 3.00. The number of rotatable bonds is 3. The predicted octanol–water partition coefficient (Wildman–Crippen LogP) is 4.46. The molecular weight excluding hydrogens is 243 g/mol. The molecule has 0 saturated carbocycles. The van der Waals surface area contributed by atoms with Crippen molar-refractivity contribution < 1.29 is 13.5 Å². The molecule has 1 aromatic heterocycles. The van der Waals surface area contributed by atoms with Gasteiger partial charge < -0.3 is 9.15 Å². The van der Waals surface area contributed by atoms with Crippen molar-refractivity contribution in [1.82, 2.24) is 0 Å². The molecule has 0 spiro atoms. The van der Waals surface area contributed by atoms with Crippen LogP contribution in [0.5, 0.6) is 5.75 Å². The zero-order valence-electron chi connectivity index (χ0n) is 10.5. The van der Waals surface area contributed by atoms with Crippen LogP contribution >= 0.6 is 0 Å². The number of benzene rings is 2. The molecule has 0 atom stereocenters. The Labute approximate surface area is 110 Å². The largest absolute Gasteiger partial charge is 0.483 e. The second-order valence-corrected chi connectivity index (χ2v) is 4.43. The first-order chi connectivity index (χ1) is 9.24. The summed E-state index contributed by atoms with van der Waals surface area (Å²) in [6.07, 6.45) is 0. The third-order valence-electron chi connectivity index (χ3n) is 3.00. The Kier molecular flexibility index (Phi) is 2.95. The van der Waals surface area contributed by atoms with E-state index in [0.717, 1.165) is 16.5 Å². The smallest absolute Gasteiger partial charge is 0.165 e. The molecular formula is C16H13FO2. The lowest BCUT2D eigenvalue weighted by molar-refractivity contribution is 0.262. The van der Waals surface area contributed by atoms with E-state index in [1.165, 1.54) is 6.07 Å². The van der Waals surface area contributed by atoms with Crippen LogP contribution in [0.1, 0.15) is 11.3 Å². The van der Waals surface area contributed by atoms with Crippen molar-refractivity contribution in [2.45, 2.75) is 13.5 Å². The molecule has 3 heteroatoms. The number of halogens is 1.